The van der Waals surface area contributed by atoms with E-state index in [0.717, 1.165) is 46.2 Å². The highest BCUT2D eigenvalue weighted by atomic mass is 32.2. The third-order valence-electron chi connectivity index (χ3n) is 31.1. The summed E-state index contributed by atoms with van der Waals surface area (Å²) in [5.74, 6) is 0. The molecule has 2 nitrogen and oxygen atoms in total. The molecular weight excluding hydrogens is 1520 g/mol. The first-order chi connectivity index (χ1) is 57.6. The summed E-state index contributed by atoms with van der Waals surface area (Å²) in [7, 11) is -3.34. The monoisotopic (exact) mass is 1680 g/mol. The highest BCUT2D eigenvalue weighted by molar-refractivity contribution is 7.92. The van der Waals surface area contributed by atoms with Crippen molar-refractivity contribution >= 4 is 9.84 Å². The van der Waals surface area contributed by atoms with Crippen LogP contribution < -0.4 is 0 Å². The number of sulfone groups is 1. The summed E-state index contributed by atoms with van der Waals surface area (Å²) in [6.07, 6.45) is 3.27. The Balaban J connectivity index is 0.000000200. The van der Waals surface area contributed by atoms with Gasteiger partial charge in [-0.25, -0.2) is 8.42 Å². The van der Waals surface area contributed by atoms with Crippen LogP contribution in [0.3, 0.4) is 0 Å². The van der Waals surface area contributed by atoms with Crippen molar-refractivity contribution < 1.29 is 8.42 Å². The lowest BCUT2D eigenvalue weighted by molar-refractivity contribution is 0.425. The van der Waals surface area contributed by atoms with Gasteiger partial charge in [0.15, 0.2) is 0 Å². The first-order valence-electron chi connectivity index (χ1n) is 45.7. The minimum Gasteiger partial charge on any atom is -0.218 e. The van der Waals surface area contributed by atoms with Crippen LogP contribution in [0.1, 0.15) is 297 Å². The lowest BCUT2D eigenvalue weighted by Gasteiger charge is -2.28. The molecule has 1 aliphatic heterocycles. The average Bonchev–Trinajstić information content (AvgIpc) is 1.58. The molecule has 14 rings (SSSR count). The highest BCUT2D eigenvalue weighted by Gasteiger charge is 2.45. The molecule has 0 N–H and O–H groups in total. The Hall–Kier alpha value is -9.41. The molecule has 12 aromatic carbocycles. The van der Waals surface area contributed by atoms with Crippen molar-refractivity contribution in [3.63, 3.8) is 0 Å². The second-order valence-corrected chi connectivity index (χ2v) is 40.1. The Bertz CT molecular complexity index is 5470. The number of aryl methyl sites for hydroxylation is 7. The standard InChI is InChI=1S/C23H32.C22H30.C19H22.C16H16O2S.C15H16.2C12H18.C2H6/c1-12-14(3)18(7)22(19(8)15(12)4)11-23-20(9)16(5)13(2)17(6)21(23)10;1-11-13(3)17(7)21(18(8)14(11)4)22-19(9)15(5)12(2)16(6)20(22)10;1-14-9-11-15(12-10-14)19(4)13-18(2,3)16-7-5-6-8-17(16)19;1-9-5-13-14-6-10(2)12(4)8-16(14)19(17,18)15(13)7-11(9)3;1-12-3-7-14(8-4-12)11-15-9-5-13(2)6-10-15;2*1-7-8(2)10(4)12(6)11(5)9(7)3;1-2/h11H2,1-10H3;1-10H3;5-12H,13H2,1-4H3;5-8H,1-4H3;3-10H,11H2,1-2H3;2*1-6H3;1-2H3. The van der Waals surface area contributed by atoms with E-state index in [1.165, 1.54) is 251 Å². The minimum absolute atomic E-state index is 0.147. The molecular formula is C121H158O2S. The van der Waals surface area contributed by atoms with Gasteiger partial charge >= 0.3 is 0 Å². The number of hydrogen-bond acceptors (Lipinski definition) is 2. The number of fused-ring (bicyclic) bond motifs is 4. The average molecular weight is 1680 g/mol. The van der Waals surface area contributed by atoms with Crippen LogP contribution in [0.5, 0.6) is 0 Å². The first kappa shape index (κ1) is 102. The van der Waals surface area contributed by atoms with Gasteiger partial charge in [0.2, 0.25) is 9.84 Å². The van der Waals surface area contributed by atoms with E-state index in [1.807, 2.05) is 53.7 Å². The molecule has 0 saturated heterocycles. The zero-order chi connectivity index (χ0) is 93.8. The Morgan fingerprint density at radius 3 is 0.702 bits per heavy atom. The van der Waals surface area contributed by atoms with Crippen LogP contribution in [0.4, 0.5) is 0 Å². The van der Waals surface area contributed by atoms with E-state index < -0.39 is 9.84 Å². The first-order valence-corrected chi connectivity index (χ1v) is 47.2. The van der Waals surface area contributed by atoms with E-state index in [9.17, 15) is 8.42 Å². The van der Waals surface area contributed by atoms with Gasteiger partial charge in [0, 0.05) is 16.5 Å². The Morgan fingerprint density at radius 2 is 0.452 bits per heavy atom. The fraction of sp³-hybridized carbons (Fsp3) is 0.405. The zero-order valence-corrected chi connectivity index (χ0v) is 86.7. The Kier molecular flexibility index (Phi) is 33.6. The summed E-state index contributed by atoms with van der Waals surface area (Å²) in [5.41, 5.74) is 70.0. The largest absolute Gasteiger partial charge is 0.218 e. The van der Waals surface area contributed by atoms with Gasteiger partial charge < -0.3 is 0 Å². The maximum absolute atomic E-state index is 12.6. The molecule has 2 aliphatic rings. The van der Waals surface area contributed by atoms with Gasteiger partial charge in [-0.1, -0.05) is 148 Å². The molecule has 12 aromatic rings. The molecule has 0 fully saturated rings. The zero-order valence-electron chi connectivity index (χ0n) is 85.9. The van der Waals surface area contributed by atoms with Crippen LogP contribution in [0.25, 0.3) is 22.3 Å². The normalized spacial score (nSPS) is 13.4. The molecule has 1 aliphatic carbocycles. The summed E-state index contributed by atoms with van der Waals surface area (Å²) >= 11 is 0. The minimum atomic E-state index is -3.34. The van der Waals surface area contributed by atoms with Crippen molar-refractivity contribution in [3.8, 4) is 22.3 Å². The number of benzene rings is 12. The molecule has 660 valence electrons. The van der Waals surface area contributed by atoms with Crippen molar-refractivity contribution in [1.29, 1.82) is 0 Å². The molecule has 0 saturated carbocycles. The van der Waals surface area contributed by atoms with Gasteiger partial charge in [0.25, 0.3) is 0 Å². The fourth-order valence-corrected chi connectivity index (χ4v) is 20.8. The quantitative estimate of drug-likeness (QED) is 0.166. The Morgan fingerprint density at radius 1 is 0.242 bits per heavy atom. The molecule has 0 aromatic heterocycles. The second-order valence-electron chi connectivity index (χ2n) is 38.2. The van der Waals surface area contributed by atoms with E-state index in [0.29, 0.717) is 9.79 Å². The lowest BCUT2D eigenvalue weighted by atomic mass is 9.75. The highest BCUT2D eigenvalue weighted by Crippen LogP contribution is 2.53. The predicted molar refractivity (Wildman–Crippen MR) is 547 cm³/mol. The van der Waals surface area contributed by atoms with E-state index >= 15 is 0 Å². The molecule has 3 heteroatoms. The van der Waals surface area contributed by atoms with Crippen LogP contribution in [0.2, 0.25) is 0 Å². The van der Waals surface area contributed by atoms with Crippen molar-refractivity contribution in [2.24, 2.45) is 0 Å². The van der Waals surface area contributed by atoms with Crippen molar-refractivity contribution in [2.45, 2.75) is 345 Å². The maximum Gasteiger partial charge on any atom is 0.207 e. The van der Waals surface area contributed by atoms with E-state index in [1.54, 1.807) is 12.1 Å². The van der Waals surface area contributed by atoms with Crippen molar-refractivity contribution in [2.75, 3.05) is 0 Å². The van der Waals surface area contributed by atoms with Gasteiger partial charge in [-0.15, -0.1) is 0 Å². The van der Waals surface area contributed by atoms with Gasteiger partial charge in [-0.2, -0.15) is 0 Å². The molecule has 0 radical (unpaired) electrons. The second kappa shape index (κ2) is 40.9. The summed E-state index contributed by atoms with van der Waals surface area (Å²) < 4.78 is 25.2. The molecule has 1 unspecified atom stereocenters. The number of rotatable bonds is 6. The third-order valence-corrected chi connectivity index (χ3v) is 32.9. The van der Waals surface area contributed by atoms with Crippen LogP contribution in [-0.4, -0.2) is 8.42 Å². The molecule has 1 atom stereocenters. The lowest BCUT2D eigenvalue weighted by Crippen LogP contribution is -2.23. The summed E-state index contributed by atoms with van der Waals surface area (Å²) in [6, 6.07) is 43.1. The molecule has 0 spiro atoms. The summed E-state index contributed by atoms with van der Waals surface area (Å²) in [4.78, 5) is 0.909. The summed E-state index contributed by atoms with van der Waals surface area (Å²) in [5, 5.41) is 0. The topological polar surface area (TPSA) is 34.1 Å². The Labute approximate surface area is 757 Å². The number of hydrogen-bond donors (Lipinski definition) is 0. The molecule has 124 heavy (non-hydrogen) atoms. The van der Waals surface area contributed by atoms with Gasteiger partial charge in [-0.3, -0.25) is 0 Å². The van der Waals surface area contributed by atoms with Gasteiger partial charge in [0.05, 0.1) is 9.79 Å². The third kappa shape index (κ3) is 20.8. The van der Waals surface area contributed by atoms with Crippen LogP contribution in [0.15, 0.2) is 131 Å². The molecule has 1 heterocycles. The van der Waals surface area contributed by atoms with Crippen molar-refractivity contribution in [1.82, 2.24) is 0 Å². The van der Waals surface area contributed by atoms with Crippen LogP contribution in [-0.2, 0) is 33.5 Å². The molecule has 0 bridgehead atoms. The van der Waals surface area contributed by atoms with Crippen LogP contribution >= 0.6 is 0 Å². The maximum atomic E-state index is 12.6. The smallest absolute Gasteiger partial charge is 0.207 e. The SMILES string of the molecule is CC.Cc1c(C)c(C)c(-c2c(C)c(C)c(C)c(C)c2C)c(C)c1C.Cc1c(C)c(C)c(C)c(C)c1C.Cc1c(C)c(C)c(C)c(C)c1C.Cc1c(C)c(C)c(Cc2c(C)c(C)c(C)c(C)c2C)c(C)c1C.Cc1cc2c(cc1C)S(=O)(=O)c1cc(C)c(C)cc1-2.Cc1ccc(C2(C)CC(C)(C)c3ccccc32)cc1.Cc1ccc(Cc2ccc(C)cc2)cc1. The van der Waals surface area contributed by atoms with E-state index in [2.05, 4.69) is 360 Å². The predicted octanol–water partition coefficient (Wildman–Crippen LogP) is 33.5. The fourth-order valence-electron chi connectivity index (χ4n) is 19.0. The van der Waals surface area contributed by atoms with Crippen LogP contribution in [0, 0.1) is 270 Å². The van der Waals surface area contributed by atoms with E-state index in [-0.39, 0.29) is 10.8 Å². The summed E-state index contributed by atoms with van der Waals surface area (Å²) in [6.45, 7) is 97.5. The van der Waals surface area contributed by atoms with Crippen molar-refractivity contribution in [3.05, 3.63) is 377 Å². The van der Waals surface area contributed by atoms with Gasteiger partial charge in [-0.05, 0) is 569 Å². The van der Waals surface area contributed by atoms with E-state index in [4.69, 9.17) is 0 Å². The molecule has 0 amide bonds. The van der Waals surface area contributed by atoms with Gasteiger partial charge in [0.1, 0.15) is 0 Å².